The van der Waals surface area contributed by atoms with Crippen molar-refractivity contribution in [3.05, 3.63) is 0 Å². The standard InChI is InChI=1S/C9H22O3Si2/c1-8(2)10-13-12-14(4)7-5-6-9(3)11-14/h8-9H,5-7,13H2,1-4H3. The van der Waals surface area contributed by atoms with Crippen LogP contribution in [0.2, 0.25) is 12.6 Å². The third-order valence-corrected chi connectivity index (χ3v) is 8.34. The van der Waals surface area contributed by atoms with Crippen molar-refractivity contribution in [1.29, 1.82) is 0 Å². The summed E-state index contributed by atoms with van der Waals surface area (Å²) in [5.41, 5.74) is 0. The molecule has 0 radical (unpaired) electrons. The largest absolute Gasteiger partial charge is 0.419 e. The second-order valence-electron chi connectivity index (χ2n) is 4.43. The van der Waals surface area contributed by atoms with Crippen molar-refractivity contribution in [3.63, 3.8) is 0 Å². The van der Waals surface area contributed by atoms with Crippen LogP contribution in [0.25, 0.3) is 0 Å². The minimum absolute atomic E-state index is 0.292. The lowest BCUT2D eigenvalue weighted by molar-refractivity contribution is 0.126. The average molecular weight is 234 g/mol. The number of hydrogen-bond acceptors (Lipinski definition) is 3. The molecule has 0 N–H and O–H groups in total. The molecule has 2 unspecified atom stereocenters. The van der Waals surface area contributed by atoms with Crippen LogP contribution < -0.4 is 0 Å². The minimum atomic E-state index is -1.83. The van der Waals surface area contributed by atoms with Gasteiger partial charge in [-0.1, -0.05) is 0 Å². The quantitative estimate of drug-likeness (QED) is 0.693. The second kappa shape index (κ2) is 5.41. The summed E-state index contributed by atoms with van der Waals surface area (Å²) in [4.78, 5) is 0. The van der Waals surface area contributed by atoms with Gasteiger partial charge in [-0.15, -0.1) is 0 Å². The van der Waals surface area contributed by atoms with Crippen LogP contribution in [0.3, 0.4) is 0 Å². The van der Waals surface area contributed by atoms with Crippen LogP contribution in [0, 0.1) is 0 Å². The Morgan fingerprint density at radius 2 is 2.21 bits per heavy atom. The predicted molar refractivity (Wildman–Crippen MR) is 62.1 cm³/mol. The summed E-state index contributed by atoms with van der Waals surface area (Å²) in [7, 11) is -2.65. The van der Waals surface area contributed by atoms with Gasteiger partial charge in [-0.25, -0.2) is 0 Å². The Morgan fingerprint density at radius 3 is 2.79 bits per heavy atom. The third-order valence-electron chi connectivity index (χ3n) is 2.46. The molecule has 0 spiro atoms. The number of hydrogen-bond donors (Lipinski definition) is 0. The Morgan fingerprint density at radius 1 is 1.50 bits per heavy atom. The molecule has 0 aromatic heterocycles. The highest BCUT2D eigenvalue weighted by Gasteiger charge is 2.36. The SMILES string of the molecule is CC(C)O[SiH2]O[Si]1(C)CCCC(C)O1. The summed E-state index contributed by atoms with van der Waals surface area (Å²) < 4.78 is 17.3. The summed E-state index contributed by atoms with van der Waals surface area (Å²) in [6.45, 7) is 8.40. The number of rotatable bonds is 4. The zero-order valence-electron chi connectivity index (χ0n) is 9.71. The Kier molecular flexibility index (Phi) is 4.79. The van der Waals surface area contributed by atoms with Gasteiger partial charge in [-0.3, -0.25) is 0 Å². The zero-order chi connectivity index (χ0) is 10.6. The van der Waals surface area contributed by atoms with Gasteiger partial charge in [0.15, 0.2) is 0 Å². The predicted octanol–water partition coefficient (Wildman–Crippen LogP) is 1.70. The lowest BCUT2D eigenvalue weighted by Gasteiger charge is -2.35. The normalized spacial score (nSPS) is 34.5. The Hall–Kier alpha value is 0.314. The average Bonchev–Trinajstić information content (AvgIpc) is 2.01. The molecule has 0 bridgehead atoms. The van der Waals surface area contributed by atoms with E-state index in [0.717, 1.165) is 6.04 Å². The lowest BCUT2D eigenvalue weighted by Crippen LogP contribution is -2.46. The van der Waals surface area contributed by atoms with Crippen LogP contribution >= 0.6 is 0 Å². The van der Waals surface area contributed by atoms with Crippen molar-refractivity contribution >= 4 is 18.6 Å². The van der Waals surface area contributed by atoms with Crippen LogP contribution in [0.4, 0.5) is 0 Å². The molecule has 0 amide bonds. The summed E-state index contributed by atoms with van der Waals surface area (Å²) in [5.74, 6) is 0. The molecule has 84 valence electrons. The van der Waals surface area contributed by atoms with Crippen molar-refractivity contribution in [2.75, 3.05) is 0 Å². The summed E-state index contributed by atoms with van der Waals surface area (Å²) in [6, 6.07) is 1.13. The van der Waals surface area contributed by atoms with E-state index in [9.17, 15) is 0 Å². The smallest absolute Gasteiger partial charge is 0.326 e. The molecule has 1 heterocycles. The van der Waals surface area contributed by atoms with Crippen LogP contribution in [-0.2, 0) is 13.0 Å². The van der Waals surface area contributed by atoms with Crippen molar-refractivity contribution < 1.29 is 13.0 Å². The van der Waals surface area contributed by atoms with Crippen LogP contribution in [0.1, 0.15) is 33.6 Å². The molecule has 3 nitrogen and oxygen atoms in total. The van der Waals surface area contributed by atoms with E-state index in [0.29, 0.717) is 12.2 Å². The second-order valence-corrected chi connectivity index (χ2v) is 9.16. The lowest BCUT2D eigenvalue weighted by atomic mass is 10.2. The van der Waals surface area contributed by atoms with E-state index in [1.54, 1.807) is 0 Å². The van der Waals surface area contributed by atoms with Gasteiger partial charge in [0.25, 0.3) is 10.0 Å². The van der Waals surface area contributed by atoms with Gasteiger partial charge in [-0.2, -0.15) is 0 Å². The van der Waals surface area contributed by atoms with Gasteiger partial charge in [0.05, 0.1) is 0 Å². The van der Waals surface area contributed by atoms with E-state index in [-0.39, 0.29) is 0 Å². The molecule has 1 rings (SSSR count). The van der Waals surface area contributed by atoms with E-state index in [2.05, 4.69) is 13.5 Å². The fourth-order valence-electron chi connectivity index (χ4n) is 1.66. The molecule has 0 saturated carbocycles. The molecule has 5 heteroatoms. The summed E-state index contributed by atoms with van der Waals surface area (Å²) in [6.07, 6.45) is 3.10. The van der Waals surface area contributed by atoms with Crippen molar-refractivity contribution in [1.82, 2.24) is 0 Å². The minimum Gasteiger partial charge on any atom is -0.419 e. The third kappa shape index (κ3) is 4.23. The van der Waals surface area contributed by atoms with Gasteiger partial charge >= 0.3 is 8.56 Å². The fourth-order valence-corrected chi connectivity index (χ4v) is 5.98. The molecule has 0 aliphatic carbocycles. The Bertz CT molecular complexity index is 177. The van der Waals surface area contributed by atoms with E-state index >= 15 is 0 Å². The first kappa shape index (κ1) is 12.4. The topological polar surface area (TPSA) is 27.7 Å². The van der Waals surface area contributed by atoms with E-state index in [4.69, 9.17) is 13.0 Å². The fraction of sp³-hybridized carbons (Fsp3) is 1.00. The van der Waals surface area contributed by atoms with Crippen molar-refractivity contribution in [3.8, 4) is 0 Å². The molecule has 1 saturated heterocycles. The molecule has 1 fully saturated rings. The monoisotopic (exact) mass is 234 g/mol. The Labute approximate surface area is 90.4 Å². The van der Waals surface area contributed by atoms with E-state index in [1.807, 2.05) is 13.8 Å². The van der Waals surface area contributed by atoms with Gasteiger partial charge in [0.2, 0.25) is 0 Å². The maximum atomic E-state index is 5.93. The van der Waals surface area contributed by atoms with Gasteiger partial charge in [-0.05, 0) is 46.2 Å². The highest BCUT2D eigenvalue weighted by Crippen LogP contribution is 2.26. The maximum absolute atomic E-state index is 5.93. The molecule has 0 aromatic carbocycles. The molecule has 14 heavy (non-hydrogen) atoms. The first-order valence-corrected chi connectivity index (χ1v) is 9.13. The molecule has 1 aliphatic rings. The first-order chi connectivity index (χ1) is 6.52. The van der Waals surface area contributed by atoms with Crippen LogP contribution in [0.15, 0.2) is 0 Å². The first-order valence-electron chi connectivity index (χ1n) is 5.45. The van der Waals surface area contributed by atoms with Gasteiger partial charge in [0.1, 0.15) is 0 Å². The van der Waals surface area contributed by atoms with E-state index in [1.165, 1.54) is 12.8 Å². The maximum Gasteiger partial charge on any atom is 0.326 e. The summed E-state index contributed by atoms with van der Waals surface area (Å²) >= 11 is 0. The van der Waals surface area contributed by atoms with Crippen LogP contribution in [0.5, 0.6) is 0 Å². The van der Waals surface area contributed by atoms with Crippen LogP contribution in [-0.4, -0.2) is 30.8 Å². The van der Waals surface area contributed by atoms with Crippen molar-refractivity contribution in [2.45, 2.75) is 58.4 Å². The highest BCUT2D eigenvalue weighted by molar-refractivity contribution is 6.70. The molecule has 2 atom stereocenters. The molecule has 0 aromatic rings. The van der Waals surface area contributed by atoms with E-state index < -0.39 is 18.6 Å². The highest BCUT2D eigenvalue weighted by atomic mass is 28.4. The van der Waals surface area contributed by atoms with Crippen molar-refractivity contribution in [2.24, 2.45) is 0 Å². The zero-order valence-corrected chi connectivity index (χ0v) is 12.1. The van der Waals surface area contributed by atoms with Gasteiger partial charge in [0, 0.05) is 12.2 Å². The molecular formula is C9H22O3Si2. The summed E-state index contributed by atoms with van der Waals surface area (Å²) in [5, 5.41) is 0. The molecular weight excluding hydrogens is 212 g/mol. The van der Waals surface area contributed by atoms with Gasteiger partial charge < -0.3 is 13.0 Å². The Balaban J connectivity index is 2.26. The molecule has 1 aliphatic heterocycles.